The molecule has 2 rings (SSSR count). The molecule has 0 spiro atoms. The molecule has 0 bridgehead atoms. The number of carboxylic acid groups (broad SMARTS) is 1. The number of hydrogen-bond donors (Lipinski definition) is 1. The number of likely N-dealkylation sites (tertiary alicyclic amines) is 1. The maximum Gasteiger partial charge on any atom is 0.308 e. The van der Waals surface area contributed by atoms with E-state index in [-0.39, 0.29) is 37.6 Å². The van der Waals surface area contributed by atoms with E-state index < -0.39 is 11.9 Å². The van der Waals surface area contributed by atoms with Gasteiger partial charge in [0.25, 0.3) is 0 Å². The number of ether oxygens (including phenoxy) is 1. The van der Waals surface area contributed by atoms with E-state index in [1.807, 2.05) is 0 Å². The fourth-order valence-electron chi connectivity index (χ4n) is 3.15. The van der Waals surface area contributed by atoms with Gasteiger partial charge in [0.15, 0.2) is 0 Å². The molecule has 2 fully saturated rings. The van der Waals surface area contributed by atoms with Crippen LogP contribution in [-0.4, -0.2) is 72.1 Å². The quantitative estimate of drug-likeness (QED) is 0.777. The number of likely N-dealkylation sites (N-methyl/N-ethyl adjacent to an activating group) is 1. The highest BCUT2D eigenvalue weighted by molar-refractivity contribution is 5.85. The third kappa shape index (κ3) is 5.20. The van der Waals surface area contributed by atoms with E-state index in [9.17, 15) is 14.4 Å². The Morgan fingerprint density at radius 1 is 1.17 bits per heavy atom. The number of aliphatic carboxylic acids is 1. The minimum absolute atomic E-state index is 0.00615. The fourth-order valence-corrected chi connectivity index (χ4v) is 3.15. The second-order valence-corrected chi connectivity index (χ2v) is 6.48. The maximum atomic E-state index is 12.2. The number of rotatable bonds is 6. The molecule has 1 N–H and O–H groups in total. The Bertz CT molecular complexity index is 448. The molecule has 0 radical (unpaired) electrons. The van der Waals surface area contributed by atoms with Crippen LogP contribution in [0.5, 0.6) is 0 Å². The van der Waals surface area contributed by atoms with Crippen molar-refractivity contribution in [1.29, 1.82) is 0 Å². The first kappa shape index (κ1) is 17.7. The van der Waals surface area contributed by atoms with E-state index >= 15 is 0 Å². The summed E-state index contributed by atoms with van der Waals surface area (Å²) in [5.74, 6) is -1.78. The number of carbonyl (C=O) groups excluding carboxylic acids is 2. The Hall–Kier alpha value is -1.63. The molecule has 0 aromatic carbocycles. The molecule has 7 heteroatoms. The number of carboxylic acids is 1. The largest absolute Gasteiger partial charge is 0.481 e. The van der Waals surface area contributed by atoms with Crippen LogP contribution in [0.3, 0.4) is 0 Å². The lowest BCUT2D eigenvalue weighted by molar-refractivity contribution is -0.148. The van der Waals surface area contributed by atoms with E-state index in [1.54, 1.807) is 11.9 Å². The molecule has 2 aliphatic rings. The first-order valence-electron chi connectivity index (χ1n) is 8.33. The highest BCUT2D eigenvalue weighted by atomic mass is 16.5. The molecule has 1 aliphatic heterocycles. The molecule has 1 atom stereocenters. The minimum Gasteiger partial charge on any atom is -0.481 e. The predicted octanol–water partition coefficient (Wildman–Crippen LogP) is 0.727. The van der Waals surface area contributed by atoms with Gasteiger partial charge in [-0.2, -0.15) is 0 Å². The van der Waals surface area contributed by atoms with Crippen molar-refractivity contribution in [3.8, 4) is 0 Å². The Labute approximate surface area is 136 Å². The molecule has 1 saturated carbocycles. The van der Waals surface area contributed by atoms with Crippen molar-refractivity contribution in [2.75, 3.05) is 33.3 Å². The first-order chi connectivity index (χ1) is 11.0. The second-order valence-electron chi connectivity index (χ2n) is 6.48. The molecule has 1 saturated heterocycles. The van der Waals surface area contributed by atoms with Gasteiger partial charge in [0.05, 0.1) is 18.6 Å². The summed E-state index contributed by atoms with van der Waals surface area (Å²) in [6, 6.07) is 0. The van der Waals surface area contributed by atoms with E-state index in [1.165, 1.54) is 4.90 Å². The molecule has 0 aromatic rings. The van der Waals surface area contributed by atoms with Crippen molar-refractivity contribution in [3.63, 3.8) is 0 Å². The van der Waals surface area contributed by atoms with Crippen LogP contribution in [0.2, 0.25) is 0 Å². The third-order valence-electron chi connectivity index (χ3n) is 4.67. The Morgan fingerprint density at radius 3 is 2.52 bits per heavy atom. The zero-order valence-corrected chi connectivity index (χ0v) is 13.7. The van der Waals surface area contributed by atoms with Crippen LogP contribution in [-0.2, 0) is 19.1 Å². The summed E-state index contributed by atoms with van der Waals surface area (Å²) in [5, 5.41) is 9.06. The molecule has 130 valence electrons. The number of amides is 2. The Balaban J connectivity index is 1.74. The van der Waals surface area contributed by atoms with Crippen LogP contribution < -0.4 is 0 Å². The molecule has 1 heterocycles. The molecule has 1 unspecified atom stereocenters. The molecule has 0 aromatic heterocycles. The lowest BCUT2D eigenvalue weighted by atomic mass is 9.98. The molecule has 1 aliphatic carbocycles. The van der Waals surface area contributed by atoms with Gasteiger partial charge in [-0.1, -0.05) is 12.8 Å². The van der Waals surface area contributed by atoms with Gasteiger partial charge in [-0.15, -0.1) is 0 Å². The number of carbonyl (C=O) groups is 3. The van der Waals surface area contributed by atoms with Crippen molar-refractivity contribution in [2.24, 2.45) is 5.92 Å². The highest BCUT2D eigenvalue weighted by Crippen LogP contribution is 2.21. The molecular formula is C16H26N2O5. The molecule has 7 nitrogen and oxygen atoms in total. The first-order valence-corrected chi connectivity index (χ1v) is 8.33. The third-order valence-corrected chi connectivity index (χ3v) is 4.67. The van der Waals surface area contributed by atoms with E-state index in [4.69, 9.17) is 9.84 Å². The number of hydrogen-bond acceptors (Lipinski definition) is 4. The fraction of sp³-hybridized carbons (Fsp3) is 0.812. The smallest absolute Gasteiger partial charge is 0.308 e. The predicted molar refractivity (Wildman–Crippen MR) is 82.8 cm³/mol. The summed E-state index contributed by atoms with van der Waals surface area (Å²) in [6.07, 6.45) is 5.75. The van der Waals surface area contributed by atoms with Crippen LogP contribution in [0.4, 0.5) is 0 Å². The monoisotopic (exact) mass is 326 g/mol. The highest BCUT2D eigenvalue weighted by Gasteiger charge is 2.29. The summed E-state index contributed by atoms with van der Waals surface area (Å²) in [5.41, 5.74) is 0. The molecule has 2 amide bonds. The van der Waals surface area contributed by atoms with E-state index in [0.29, 0.717) is 19.4 Å². The number of piperidine rings is 1. The van der Waals surface area contributed by atoms with Gasteiger partial charge >= 0.3 is 5.97 Å². The van der Waals surface area contributed by atoms with Gasteiger partial charge in [0.1, 0.15) is 6.61 Å². The van der Waals surface area contributed by atoms with E-state index in [0.717, 1.165) is 25.7 Å². The van der Waals surface area contributed by atoms with Crippen LogP contribution >= 0.6 is 0 Å². The topological polar surface area (TPSA) is 87.2 Å². The summed E-state index contributed by atoms with van der Waals surface area (Å²) in [7, 11) is 1.58. The van der Waals surface area contributed by atoms with Gasteiger partial charge in [0, 0.05) is 20.1 Å². The molecule has 23 heavy (non-hydrogen) atoms. The van der Waals surface area contributed by atoms with Crippen LogP contribution in [0.25, 0.3) is 0 Å². The van der Waals surface area contributed by atoms with Crippen molar-refractivity contribution < 1.29 is 24.2 Å². The van der Waals surface area contributed by atoms with Crippen molar-refractivity contribution in [3.05, 3.63) is 0 Å². The standard InChI is InChI=1S/C16H26N2O5/c1-17(15(20)11-23-13-6-2-3-7-13)10-14(19)18-8-4-5-12(9-18)16(21)22/h12-13H,2-11H2,1H3,(H,21,22). The minimum atomic E-state index is -0.864. The van der Waals surface area contributed by atoms with Crippen molar-refractivity contribution >= 4 is 17.8 Å². The lowest BCUT2D eigenvalue weighted by Crippen LogP contribution is -2.47. The Kier molecular flexibility index (Phi) is 6.38. The lowest BCUT2D eigenvalue weighted by Gasteiger charge is -2.32. The van der Waals surface area contributed by atoms with Gasteiger partial charge in [-0.05, 0) is 25.7 Å². The van der Waals surface area contributed by atoms with Crippen molar-refractivity contribution in [2.45, 2.75) is 44.6 Å². The number of nitrogens with zero attached hydrogens (tertiary/aromatic N) is 2. The average molecular weight is 326 g/mol. The zero-order chi connectivity index (χ0) is 16.8. The summed E-state index contributed by atoms with van der Waals surface area (Å²) in [4.78, 5) is 38.2. The maximum absolute atomic E-state index is 12.2. The van der Waals surface area contributed by atoms with Crippen molar-refractivity contribution in [1.82, 2.24) is 9.80 Å². The zero-order valence-electron chi connectivity index (χ0n) is 13.7. The summed E-state index contributed by atoms with van der Waals surface area (Å²) >= 11 is 0. The van der Waals surface area contributed by atoms with E-state index in [2.05, 4.69) is 0 Å². The van der Waals surface area contributed by atoms with Crippen LogP contribution in [0.1, 0.15) is 38.5 Å². The Morgan fingerprint density at radius 2 is 1.87 bits per heavy atom. The normalized spacial score (nSPS) is 22.1. The summed E-state index contributed by atoms with van der Waals surface area (Å²) in [6.45, 7) is 0.767. The average Bonchev–Trinajstić information content (AvgIpc) is 3.06. The summed E-state index contributed by atoms with van der Waals surface area (Å²) < 4.78 is 5.57. The van der Waals surface area contributed by atoms with Gasteiger partial charge in [-0.25, -0.2) is 0 Å². The van der Waals surface area contributed by atoms with Crippen LogP contribution in [0.15, 0.2) is 0 Å². The SMILES string of the molecule is CN(CC(=O)N1CCCC(C(=O)O)C1)C(=O)COC1CCCC1. The van der Waals surface area contributed by atoms with Gasteiger partial charge in [0.2, 0.25) is 11.8 Å². The van der Waals surface area contributed by atoms with Gasteiger partial charge < -0.3 is 19.6 Å². The molecular weight excluding hydrogens is 300 g/mol. The van der Waals surface area contributed by atoms with Gasteiger partial charge in [-0.3, -0.25) is 14.4 Å². The van der Waals surface area contributed by atoms with Crippen LogP contribution in [0, 0.1) is 5.92 Å². The second kappa shape index (κ2) is 8.29.